The van der Waals surface area contributed by atoms with Gasteiger partial charge in [-0.2, -0.15) is 0 Å². The van der Waals surface area contributed by atoms with Gasteiger partial charge in [0.1, 0.15) is 18.5 Å². The van der Waals surface area contributed by atoms with E-state index in [0.29, 0.717) is 12.2 Å². The molecule has 0 aromatic heterocycles. The Bertz CT molecular complexity index is 1300. The summed E-state index contributed by atoms with van der Waals surface area (Å²) < 4.78 is 10.9. The normalized spacial score (nSPS) is 14.3. The van der Waals surface area contributed by atoms with Crippen molar-refractivity contribution in [2.24, 2.45) is 0 Å². The van der Waals surface area contributed by atoms with Gasteiger partial charge in [-0.05, 0) is 60.0 Å². The maximum Gasteiger partial charge on any atom is 0.337 e. The number of rotatable bonds is 6. The first-order valence-corrected chi connectivity index (χ1v) is 11.2. The van der Waals surface area contributed by atoms with Crippen LogP contribution in [0.25, 0.3) is 0 Å². The molecule has 170 valence electrons. The van der Waals surface area contributed by atoms with Crippen LogP contribution >= 0.6 is 0 Å². The first-order chi connectivity index (χ1) is 16.6. The molecule has 1 aliphatic rings. The Hall–Kier alpha value is -4.25. The van der Waals surface area contributed by atoms with E-state index in [-0.39, 0.29) is 12.1 Å². The van der Waals surface area contributed by atoms with Crippen LogP contribution < -0.4 is 15.0 Å². The molecule has 0 saturated heterocycles. The van der Waals surface area contributed by atoms with Crippen LogP contribution in [-0.2, 0) is 11.3 Å². The maximum absolute atomic E-state index is 11.6. The van der Waals surface area contributed by atoms with Crippen molar-refractivity contribution >= 4 is 23.0 Å². The van der Waals surface area contributed by atoms with Gasteiger partial charge in [0, 0.05) is 11.8 Å². The van der Waals surface area contributed by atoms with Crippen LogP contribution in [0.4, 0.5) is 17.1 Å². The average Bonchev–Trinajstić information content (AvgIpc) is 3.27. The topological polar surface area (TPSA) is 50.8 Å². The molecule has 1 atom stereocenters. The molecule has 0 radical (unpaired) electrons. The lowest BCUT2D eigenvalue weighted by atomic mass is 10.1. The highest BCUT2D eigenvalue weighted by Gasteiger charge is 2.31. The van der Waals surface area contributed by atoms with E-state index in [0.717, 1.165) is 28.4 Å². The smallest absolute Gasteiger partial charge is 0.337 e. The zero-order valence-corrected chi connectivity index (χ0v) is 19.2. The van der Waals surface area contributed by atoms with Crippen LogP contribution in [0.1, 0.15) is 33.2 Å². The first kappa shape index (κ1) is 21.6. The third-order valence-electron chi connectivity index (χ3n) is 5.95. The Morgan fingerprint density at radius 3 is 2.44 bits per heavy atom. The number of nitrogens with zero attached hydrogens (tertiary/aromatic N) is 1. The number of nitrogens with one attached hydrogen (secondary N) is 1. The summed E-state index contributed by atoms with van der Waals surface area (Å²) >= 11 is 0. The van der Waals surface area contributed by atoms with E-state index in [1.54, 1.807) is 12.1 Å². The van der Waals surface area contributed by atoms with Crippen molar-refractivity contribution in [3.63, 3.8) is 0 Å². The molecule has 34 heavy (non-hydrogen) atoms. The van der Waals surface area contributed by atoms with Crippen molar-refractivity contribution in [3.8, 4) is 5.75 Å². The molecule has 5 heteroatoms. The van der Waals surface area contributed by atoms with Gasteiger partial charge in [-0.25, -0.2) is 4.79 Å². The molecule has 0 amide bonds. The summed E-state index contributed by atoms with van der Waals surface area (Å²) in [5.41, 5.74) is 7.15. The van der Waals surface area contributed by atoms with E-state index in [1.165, 1.54) is 18.2 Å². The van der Waals surface area contributed by atoms with Gasteiger partial charge in [0.2, 0.25) is 0 Å². The van der Waals surface area contributed by atoms with Crippen molar-refractivity contribution in [1.29, 1.82) is 0 Å². The third kappa shape index (κ3) is 4.33. The lowest BCUT2D eigenvalue weighted by Crippen LogP contribution is -2.23. The van der Waals surface area contributed by atoms with E-state index < -0.39 is 0 Å². The molecule has 0 saturated carbocycles. The molecule has 1 unspecified atom stereocenters. The summed E-state index contributed by atoms with van der Waals surface area (Å²) in [6.07, 6.45) is -0.0147. The number of aryl methyl sites for hydroxylation is 1. The number of carbonyl (C=O) groups is 1. The molecule has 0 spiro atoms. The van der Waals surface area contributed by atoms with Crippen LogP contribution in [0, 0.1) is 6.92 Å². The zero-order chi connectivity index (χ0) is 23.5. The highest BCUT2D eigenvalue weighted by molar-refractivity contribution is 5.89. The molecular weight excluding hydrogens is 424 g/mol. The van der Waals surface area contributed by atoms with Gasteiger partial charge < -0.3 is 19.7 Å². The molecule has 0 aliphatic carbocycles. The van der Waals surface area contributed by atoms with Gasteiger partial charge in [-0.3, -0.25) is 0 Å². The van der Waals surface area contributed by atoms with E-state index >= 15 is 0 Å². The molecule has 0 bridgehead atoms. The zero-order valence-electron chi connectivity index (χ0n) is 19.2. The lowest BCUT2D eigenvalue weighted by Gasteiger charge is -2.28. The molecule has 1 aliphatic heterocycles. The van der Waals surface area contributed by atoms with Crippen LogP contribution in [0.2, 0.25) is 0 Å². The van der Waals surface area contributed by atoms with Crippen molar-refractivity contribution < 1.29 is 14.3 Å². The summed E-state index contributed by atoms with van der Waals surface area (Å²) in [6, 6.07) is 32.4. The number of esters is 1. The van der Waals surface area contributed by atoms with Crippen LogP contribution in [-0.4, -0.2) is 13.1 Å². The fourth-order valence-electron chi connectivity index (χ4n) is 4.23. The quantitative estimate of drug-likeness (QED) is 0.335. The molecule has 1 heterocycles. The van der Waals surface area contributed by atoms with E-state index in [9.17, 15) is 4.79 Å². The van der Waals surface area contributed by atoms with E-state index in [4.69, 9.17) is 9.47 Å². The summed E-state index contributed by atoms with van der Waals surface area (Å²) in [4.78, 5) is 14.0. The highest BCUT2D eigenvalue weighted by Crippen LogP contribution is 2.47. The van der Waals surface area contributed by atoms with E-state index in [2.05, 4.69) is 77.8 Å². The van der Waals surface area contributed by atoms with Crippen LogP contribution in [0.5, 0.6) is 5.75 Å². The Labute approximate surface area is 199 Å². The number of benzene rings is 4. The number of anilines is 3. The molecular formula is C29H26N2O3. The Morgan fingerprint density at radius 1 is 0.912 bits per heavy atom. The molecule has 4 aromatic rings. The minimum absolute atomic E-state index is 0.0147. The molecule has 1 N–H and O–H groups in total. The van der Waals surface area contributed by atoms with Crippen molar-refractivity contribution in [1.82, 2.24) is 0 Å². The van der Waals surface area contributed by atoms with Gasteiger partial charge in [0.15, 0.2) is 0 Å². The van der Waals surface area contributed by atoms with Crippen LogP contribution in [0.3, 0.4) is 0 Å². The summed E-state index contributed by atoms with van der Waals surface area (Å²) in [6.45, 7) is 2.51. The van der Waals surface area contributed by atoms with Crippen molar-refractivity contribution in [2.45, 2.75) is 19.7 Å². The van der Waals surface area contributed by atoms with Crippen LogP contribution in [0.15, 0.2) is 97.1 Å². The minimum atomic E-state index is -0.345. The van der Waals surface area contributed by atoms with Gasteiger partial charge in [0.05, 0.1) is 24.0 Å². The number of methoxy groups -OCH3 is 1. The van der Waals surface area contributed by atoms with Gasteiger partial charge >= 0.3 is 5.97 Å². The van der Waals surface area contributed by atoms with Gasteiger partial charge in [-0.15, -0.1) is 0 Å². The fraction of sp³-hybridized carbons (Fsp3) is 0.138. The van der Waals surface area contributed by atoms with Crippen molar-refractivity contribution in [2.75, 3.05) is 17.3 Å². The Balaban J connectivity index is 1.42. The maximum atomic E-state index is 11.6. The summed E-state index contributed by atoms with van der Waals surface area (Å²) in [7, 11) is 1.38. The third-order valence-corrected chi connectivity index (χ3v) is 5.95. The number of ether oxygens (including phenoxy) is 2. The largest absolute Gasteiger partial charge is 0.489 e. The highest BCUT2D eigenvalue weighted by atomic mass is 16.5. The number of hydrogen-bond donors (Lipinski definition) is 1. The predicted molar refractivity (Wildman–Crippen MR) is 135 cm³/mol. The summed E-state index contributed by atoms with van der Waals surface area (Å²) in [5, 5.41) is 3.67. The molecule has 5 rings (SSSR count). The second-order valence-electron chi connectivity index (χ2n) is 8.32. The second kappa shape index (κ2) is 9.32. The SMILES string of the molecule is COC(=O)c1ccc(COc2ccc3c(c2)N(c2cccc(C)c2)C(c2ccccc2)N3)cc1. The Morgan fingerprint density at radius 2 is 1.71 bits per heavy atom. The second-order valence-corrected chi connectivity index (χ2v) is 8.32. The average molecular weight is 451 g/mol. The summed E-state index contributed by atoms with van der Waals surface area (Å²) in [5.74, 6) is 0.437. The van der Waals surface area contributed by atoms with Gasteiger partial charge in [0.25, 0.3) is 0 Å². The standard InChI is InChI=1S/C29H26N2O3/c1-20-7-6-10-24(17-20)31-27-18-25(34-19-21-11-13-23(14-12-21)29(32)33-2)15-16-26(27)30-28(31)22-8-4-3-5-9-22/h3-18,28,30H,19H2,1-2H3. The molecule has 0 fully saturated rings. The predicted octanol–water partition coefficient (Wildman–Crippen LogP) is 6.62. The molecule has 4 aromatic carbocycles. The first-order valence-electron chi connectivity index (χ1n) is 11.2. The Kier molecular flexibility index (Phi) is 5.91. The fourth-order valence-corrected chi connectivity index (χ4v) is 4.23. The monoisotopic (exact) mass is 450 g/mol. The number of hydrogen-bond acceptors (Lipinski definition) is 5. The van der Waals surface area contributed by atoms with E-state index in [1.807, 2.05) is 24.3 Å². The number of carbonyl (C=O) groups excluding carboxylic acids is 1. The molecule has 5 nitrogen and oxygen atoms in total. The minimum Gasteiger partial charge on any atom is -0.489 e. The number of fused-ring (bicyclic) bond motifs is 1. The lowest BCUT2D eigenvalue weighted by molar-refractivity contribution is 0.0600. The van der Waals surface area contributed by atoms with Gasteiger partial charge in [-0.1, -0.05) is 54.6 Å². The van der Waals surface area contributed by atoms with Crippen molar-refractivity contribution in [3.05, 3.63) is 119 Å².